The van der Waals surface area contributed by atoms with E-state index in [4.69, 9.17) is 28.9 Å². The van der Waals surface area contributed by atoms with E-state index in [0.717, 1.165) is 11.1 Å². The number of nitrogens with zero attached hydrogens (tertiary/aromatic N) is 2. The van der Waals surface area contributed by atoms with Crippen LogP contribution in [0.15, 0.2) is 30.3 Å². The number of benzene rings is 1. The quantitative estimate of drug-likeness (QED) is 0.716. The molecular formula is C12H8Cl2N4. The molecule has 1 aromatic carbocycles. The summed E-state index contributed by atoms with van der Waals surface area (Å²) in [4.78, 5) is 11.6. The molecule has 2 heterocycles. The molecule has 0 aliphatic heterocycles. The lowest BCUT2D eigenvalue weighted by Crippen LogP contribution is -1.88. The molecule has 0 bridgehead atoms. The van der Waals surface area contributed by atoms with Crippen LogP contribution in [0.3, 0.4) is 0 Å². The van der Waals surface area contributed by atoms with Crippen LogP contribution in [0.5, 0.6) is 0 Å². The Morgan fingerprint density at radius 2 is 1.89 bits per heavy atom. The zero-order valence-corrected chi connectivity index (χ0v) is 10.6. The summed E-state index contributed by atoms with van der Waals surface area (Å²) in [5.41, 5.74) is 7.71. The molecule has 3 N–H and O–H groups in total. The van der Waals surface area contributed by atoms with E-state index in [9.17, 15) is 0 Å². The van der Waals surface area contributed by atoms with Crippen molar-refractivity contribution < 1.29 is 0 Å². The Hall–Kier alpha value is -1.78. The largest absolute Gasteiger partial charge is 0.384 e. The number of halogens is 2. The highest BCUT2D eigenvalue weighted by molar-refractivity contribution is 6.35. The molecule has 0 aliphatic carbocycles. The maximum absolute atomic E-state index is 6.13. The van der Waals surface area contributed by atoms with Crippen molar-refractivity contribution in [1.29, 1.82) is 0 Å². The highest BCUT2D eigenvalue weighted by atomic mass is 35.5. The van der Waals surface area contributed by atoms with E-state index in [0.29, 0.717) is 27.3 Å². The second-order valence-electron chi connectivity index (χ2n) is 3.82. The van der Waals surface area contributed by atoms with Gasteiger partial charge in [-0.3, -0.25) is 0 Å². The maximum atomic E-state index is 6.13. The highest BCUT2D eigenvalue weighted by Gasteiger charge is 2.10. The molecule has 3 rings (SSSR count). The normalized spacial score (nSPS) is 11.0. The average Bonchev–Trinajstić information content (AvgIpc) is 2.74. The van der Waals surface area contributed by atoms with Crippen molar-refractivity contribution in [1.82, 2.24) is 15.0 Å². The Morgan fingerprint density at radius 3 is 2.72 bits per heavy atom. The Balaban J connectivity index is 2.22. The number of rotatable bonds is 1. The Morgan fingerprint density at radius 1 is 1.06 bits per heavy atom. The Kier molecular flexibility index (Phi) is 2.61. The number of imidazole rings is 1. The number of hydrogen-bond donors (Lipinski definition) is 2. The third-order valence-corrected chi connectivity index (χ3v) is 3.12. The number of hydrogen-bond acceptors (Lipinski definition) is 3. The third kappa shape index (κ3) is 1.89. The van der Waals surface area contributed by atoms with E-state index in [1.165, 1.54) is 0 Å². The van der Waals surface area contributed by atoms with Crippen molar-refractivity contribution in [2.24, 2.45) is 0 Å². The average molecular weight is 279 g/mol. The predicted molar refractivity (Wildman–Crippen MR) is 73.8 cm³/mol. The summed E-state index contributed by atoms with van der Waals surface area (Å²) in [6.45, 7) is 0. The van der Waals surface area contributed by atoms with Crippen molar-refractivity contribution in [3.05, 3.63) is 40.4 Å². The van der Waals surface area contributed by atoms with Crippen molar-refractivity contribution in [3.63, 3.8) is 0 Å². The van der Waals surface area contributed by atoms with E-state index >= 15 is 0 Å². The summed E-state index contributed by atoms with van der Waals surface area (Å²) in [6.07, 6.45) is 0. The first-order chi connectivity index (χ1) is 8.63. The molecule has 0 aliphatic rings. The molecule has 0 spiro atoms. The van der Waals surface area contributed by atoms with Gasteiger partial charge in [0.2, 0.25) is 0 Å². The number of fused-ring (bicyclic) bond motifs is 1. The van der Waals surface area contributed by atoms with Crippen molar-refractivity contribution >= 4 is 40.2 Å². The van der Waals surface area contributed by atoms with Gasteiger partial charge in [-0.1, -0.05) is 23.2 Å². The topological polar surface area (TPSA) is 67.6 Å². The minimum absolute atomic E-state index is 0.428. The minimum atomic E-state index is 0.428. The molecular weight excluding hydrogens is 271 g/mol. The number of H-pyrrole nitrogens is 1. The fourth-order valence-electron chi connectivity index (χ4n) is 1.71. The van der Waals surface area contributed by atoms with Gasteiger partial charge in [0, 0.05) is 10.6 Å². The Bertz CT molecular complexity index is 736. The predicted octanol–water partition coefficient (Wildman–Crippen LogP) is 3.51. The van der Waals surface area contributed by atoms with Crippen LogP contribution in [0.1, 0.15) is 0 Å². The standard InChI is InChI=1S/C12H8Cl2N4/c13-6-1-2-8(14)7(5-6)11-16-9-3-4-10(15)17-12(9)18-11/h1-5H,(H3,15,16,17,18). The van der Waals surface area contributed by atoms with Gasteiger partial charge in [0.25, 0.3) is 0 Å². The number of nitrogens with one attached hydrogen (secondary N) is 1. The smallest absolute Gasteiger partial charge is 0.180 e. The van der Waals surface area contributed by atoms with Gasteiger partial charge in [-0.2, -0.15) is 0 Å². The molecule has 90 valence electrons. The number of nitrogens with two attached hydrogens (primary N) is 1. The summed E-state index contributed by atoms with van der Waals surface area (Å²) >= 11 is 12.1. The summed E-state index contributed by atoms with van der Waals surface area (Å²) in [5, 5.41) is 1.17. The zero-order valence-electron chi connectivity index (χ0n) is 9.11. The van der Waals surface area contributed by atoms with Crippen LogP contribution in [-0.4, -0.2) is 15.0 Å². The monoisotopic (exact) mass is 278 g/mol. The van der Waals surface area contributed by atoms with Crippen LogP contribution in [0.25, 0.3) is 22.6 Å². The SMILES string of the molecule is Nc1ccc2[nH]c(-c3cc(Cl)ccc3Cl)nc2n1. The van der Waals surface area contributed by atoms with Gasteiger partial charge in [0.1, 0.15) is 11.6 Å². The summed E-state index contributed by atoms with van der Waals surface area (Å²) in [5.74, 6) is 1.05. The number of anilines is 1. The molecule has 18 heavy (non-hydrogen) atoms. The molecule has 0 saturated carbocycles. The van der Waals surface area contributed by atoms with E-state index in [2.05, 4.69) is 15.0 Å². The van der Waals surface area contributed by atoms with Gasteiger partial charge < -0.3 is 10.7 Å². The van der Waals surface area contributed by atoms with Crippen LogP contribution >= 0.6 is 23.2 Å². The van der Waals surface area contributed by atoms with Crippen molar-refractivity contribution in [2.75, 3.05) is 5.73 Å². The zero-order chi connectivity index (χ0) is 12.7. The molecule has 0 radical (unpaired) electrons. The first-order valence-electron chi connectivity index (χ1n) is 5.21. The van der Waals surface area contributed by atoms with Crippen LogP contribution in [0.2, 0.25) is 10.0 Å². The number of aromatic nitrogens is 3. The summed E-state index contributed by atoms with van der Waals surface area (Å²) < 4.78 is 0. The molecule has 0 fully saturated rings. The first kappa shape index (κ1) is 11.3. The third-order valence-electron chi connectivity index (χ3n) is 2.55. The second kappa shape index (κ2) is 4.15. The fourth-order valence-corrected chi connectivity index (χ4v) is 2.09. The highest BCUT2D eigenvalue weighted by Crippen LogP contribution is 2.29. The van der Waals surface area contributed by atoms with Crippen molar-refractivity contribution in [2.45, 2.75) is 0 Å². The molecule has 0 amide bonds. The number of pyridine rings is 1. The number of aromatic amines is 1. The van der Waals surface area contributed by atoms with Crippen LogP contribution < -0.4 is 5.73 Å². The van der Waals surface area contributed by atoms with E-state index in [-0.39, 0.29) is 0 Å². The van der Waals surface area contributed by atoms with Crippen LogP contribution in [0.4, 0.5) is 5.82 Å². The van der Waals surface area contributed by atoms with Gasteiger partial charge in [-0.15, -0.1) is 0 Å². The second-order valence-corrected chi connectivity index (χ2v) is 4.66. The maximum Gasteiger partial charge on any atom is 0.180 e. The van der Waals surface area contributed by atoms with Gasteiger partial charge in [0.05, 0.1) is 10.5 Å². The minimum Gasteiger partial charge on any atom is -0.384 e. The van der Waals surface area contributed by atoms with Crippen LogP contribution in [0, 0.1) is 0 Å². The molecule has 0 unspecified atom stereocenters. The molecule has 3 aromatic rings. The lowest BCUT2D eigenvalue weighted by Gasteiger charge is -2.00. The molecule has 2 aromatic heterocycles. The lowest BCUT2D eigenvalue weighted by atomic mass is 10.2. The summed E-state index contributed by atoms with van der Waals surface area (Å²) in [7, 11) is 0. The van der Waals surface area contributed by atoms with Gasteiger partial charge >= 0.3 is 0 Å². The summed E-state index contributed by atoms with van der Waals surface area (Å²) in [6, 6.07) is 8.75. The molecule has 0 atom stereocenters. The first-order valence-corrected chi connectivity index (χ1v) is 5.97. The fraction of sp³-hybridized carbons (Fsp3) is 0. The van der Waals surface area contributed by atoms with Gasteiger partial charge in [-0.05, 0) is 30.3 Å². The van der Waals surface area contributed by atoms with E-state index in [1.807, 2.05) is 6.07 Å². The van der Waals surface area contributed by atoms with E-state index < -0.39 is 0 Å². The van der Waals surface area contributed by atoms with Crippen molar-refractivity contribution in [3.8, 4) is 11.4 Å². The van der Waals surface area contributed by atoms with E-state index in [1.54, 1.807) is 24.3 Å². The van der Waals surface area contributed by atoms with Gasteiger partial charge in [0.15, 0.2) is 5.65 Å². The van der Waals surface area contributed by atoms with Gasteiger partial charge in [-0.25, -0.2) is 9.97 Å². The number of nitrogen functional groups attached to an aromatic ring is 1. The van der Waals surface area contributed by atoms with Crippen LogP contribution in [-0.2, 0) is 0 Å². The lowest BCUT2D eigenvalue weighted by molar-refractivity contribution is 1.30. The molecule has 0 saturated heterocycles. The molecule has 6 heteroatoms. The Labute approximate surface area is 113 Å². The molecule has 4 nitrogen and oxygen atoms in total.